The number of rotatable bonds is 4. The van der Waals surface area contributed by atoms with Crippen LogP contribution >= 0.6 is 0 Å². The molecule has 0 saturated carbocycles. The molecule has 5 nitrogen and oxygen atoms in total. The quantitative estimate of drug-likeness (QED) is 0.575. The minimum Gasteiger partial charge on any atom is -0.468 e. The smallest absolute Gasteiger partial charge is 0.320 e. The number of nitrogens with zero attached hydrogens (tertiary/aromatic N) is 1. The number of esters is 2. The van der Waals surface area contributed by atoms with E-state index >= 15 is 0 Å². The highest BCUT2D eigenvalue weighted by Gasteiger charge is 2.29. The van der Waals surface area contributed by atoms with E-state index < -0.39 is 17.9 Å². The summed E-state index contributed by atoms with van der Waals surface area (Å²) >= 11 is 0. The number of hydrogen-bond donors (Lipinski definition) is 0. The van der Waals surface area contributed by atoms with Gasteiger partial charge in [-0.3, -0.25) is 14.6 Å². The molecule has 0 bridgehead atoms. The van der Waals surface area contributed by atoms with Gasteiger partial charge in [-0.15, -0.1) is 0 Å². The maximum Gasteiger partial charge on any atom is 0.320 e. The molecule has 1 rings (SSSR count). The Balaban J connectivity index is 2.86. The van der Waals surface area contributed by atoms with Crippen molar-refractivity contribution in [2.75, 3.05) is 14.2 Å². The molecule has 0 unspecified atom stereocenters. The van der Waals surface area contributed by atoms with Crippen LogP contribution in [-0.4, -0.2) is 31.1 Å². The highest BCUT2D eigenvalue weighted by molar-refractivity contribution is 5.95. The molecule has 1 aromatic heterocycles. The van der Waals surface area contributed by atoms with Crippen molar-refractivity contribution in [3.05, 3.63) is 29.6 Å². The zero-order valence-electron chi connectivity index (χ0n) is 10.1. The van der Waals surface area contributed by atoms with Crippen molar-refractivity contribution in [1.82, 2.24) is 4.98 Å². The fourth-order valence-electron chi connectivity index (χ4n) is 1.47. The summed E-state index contributed by atoms with van der Waals surface area (Å²) in [5.74, 6) is -2.18. The third-order valence-corrected chi connectivity index (χ3v) is 2.33. The average Bonchev–Trinajstić information content (AvgIpc) is 2.34. The van der Waals surface area contributed by atoms with E-state index in [9.17, 15) is 9.59 Å². The Labute approximate surface area is 99.8 Å². The first kappa shape index (κ1) is 13.2. The first-order chi connectivity index (χ1) is 8.08. The highest BCUT2D eigenvalue weighted by Crippen LogP contribution is 2.11. The van der Waals surface area contributed by atoms with Gasteiger partial charge in [-0.1, -0.05) is 6.07 Å². The zero-order valence-corrected chi connectivity index (χ0v) is 10.1. The van der Waals surface area contributed by atoms with Crippen LogP contribution < -0.4 is 0 Å². The van der Waals surface area contributed by atoms with Crippen molar-refractivity contribution < 1.29 is 19.1 Å². The zero-order chi connectivity index (χ0) is 12.8. The van der Waals surface area contributed by atoms with E-state index in [1.807, 2.05) is 19.1 Å². The van der Waals surface area contributed by atoms with Gasteiger partial charge in [0, 0.05) is 17.8 Å². The first-order valence-corrected chi connectivity index (χ1v) is 5.16. The highest BCUT2D eigenvalue weighted by atomic mass is 16.5. The Bertz CT molecular complexity index is 401. The van der Waals surface area contributed by atoms with E-state index in [-0.39, 0.29) is 6.42 Å². The fourth-order valence-corrected chi connectivity index (χ4v) is 1.47. The van der Waals surface area contributed by atoms with Crippen molar-refractivity contribution in [2.45, 2.75) is 13.3 Å². The summed E-state index contributed by atoms with van der Waals surface area (Å²) in [7, 11) is 2.48. The van der Waals surface area contributed by atoms with Gasteiger partial charge in [-0.2, -0.15) is 0 Å². The van der Waals surface area contributed by atoms with E-state index in [0.29, 0.717) is 5.69 Å². The second-order valence-corrected chi connectivity index (χ2v) is 3.57. The number of aryl methyl sites for hydroxylation is 1. The van der Waals surface area contributed by atoms with Crippen LogP contribution in [0.5, 0.6) is 0 Å². The van der Waals surface area contributed by atoms with E-state index in [4.69, 9.17) is 0 Å². The Hall–Kier alpha value is -1.91. The minimum atomic E-state index is -0.959. The van der Waals surface area contributed by atoms with Crippen molar-refractivity contribution in [3.8, 4) is 0 Å². The minimum absolute atomic E-state index is 0.182. The molecule has 0 aliphatic rings. The van der Waals surface area contributed by atoms with Gasteiger partial charge < -0.3 is 9.47 Å². The molecule has 0 radical (unpaired) electrons. The van der Waals surface area contributed by atoms with Crippen molar-refractivity contribution in [2.24, 2.45) is 5.92 Å². The lowest BCUT2D eigenvalue weighted by Gasteiger charge is -2.11. The van der Waals surface area contributed by atoms with Crippen LogP contribution in [0.25, 0.3) is 0 Å². The topological polar surface area (TPSA) is 65.5 Å². The van der Waals surface area contributed by atoms with Gasteiger partial charge in [-0.25, -0.2) is 0 Å². The molecule has 17 heavy (non-hydrogen) atoms. The van der Waals surface area contributed by atoms with Crippen LogP contribution in [0.15, 0.2) is 18.2 Å². The van der Waals surface area contributed by atoms with E-state index in [2.05, 4.69) is 14.5 Å². The fraction of sp³-hybridized carbons (Fsp3) is 0.417. The third-order valence-electron chi connectivity index (χ3n) is 2.33. The molecule has 0 saturated heterocycles. The summed E-state index contributed by atoms with van der Waals surface area (Å²) in [5.41, 5.74) is 1.49. The lowest BCUT2D eigenvalue weighted by Crippen LogP contribution is -2.28. The van der Waals surface area contributed by atoms with Gasteiger partial charge in [0.15, 0.2) is 5.92 Å². The summed E-state index contributed by atoms with van der Waals surface area (Å²) in [5, 5.41) is 0. The van der Waals surface area contributed by atoms with Gasteiger partial charge in [0.25, 0.3) is 0 Å². The largest absolute Gasteiger partial charge is 0.468 e. The molecule has 1 aromatic rings. The SMILES string of the molecule is COC(=O)C(Cc1cccc(C)n1)C(=O)OC. The number of ether oxygens (including phenoxy) is 2. The number of aromatic nitrogens is 1. The first-order valence-electron chi connectivity index (χ1n) is 5.16. The number of methoxy groups -OCH3 is 2. The Morgan fingerprint density at radius 1 is 1.24 bits per heavy atom. The second-order valence-electron chi connectivity index (χ2n) is 3.57. The molecule has 0 aromatic carbocycles. The molecule has 0 N–H and O–H groups in total. The van der Waals surface area contributed by atoms with Crippen molar-refractivity contribution >= 4 is 11.9 Å². The third kappa shape index (κ3) is 3.55. The number of hydrogen-bond acceptors (Lipinski definition) is 5. The summed E-state index contributed by atoms with van der Waals surface area (Å²) < 4.78 is 9.14. The van der Waals surface area contributed by atoms with Gasteiger partial charge >= 0.3 is 11.9 Å². The van der Waals surface area contributed by atoms with Crippen LogP contribution in [0.4, 0.5) is 0 Å². The maximum atomic E-state index is 11.5. The lowest BCUT2D eigenvalue weighted by atomic mass is 10.0. The number of carbonyl (C=O) groups is 2. The van der Waals surface area contributed by atoms with Crippen LogP contribution in [0.1, 0.15) is 11.4 Å². The van der Waals surface area contributed by atoms with Gasteiger partial charge in [0.2, 0.25) is 0 Å². The molecule has 5 heteroatoms. The summed E-state index contributed by atoms with van der Waals surface area (Å²) in [6.07, 6.45) is 0.182. The predicted octanol–water partition coefficient (Wildman–Crippen LogP) is 0.895. The van der Waals surface area contributed by atoms with Crippen molar-refractivity contribution in [1.29, 1.82) is 0 Å². The van der Waals surface area contributed by atoms with E-state index in [1.165, 1.54) is 14.2 Å². The van der Waals surface area contributed by atoms with Gasteiger partial charge in [0.05, 0.1) is 14.2 Å². The second kappa shape index (κ2) is 5.98. The summed E-state index contributed by atoms with van der Waals surface area (Å²) in [4.78, 5) is 27.1. The standard InChI is InChI=1S/C12H15NO4/c1-8-5-4-6-9(13-8)7-10(11(14)16-2)12(15)17-3/h4-6,10H,7H2,1-3H3. The molecule has 0 spiro atoms. The van der Waals surface area contributed by atoms with Crippen molar-refractivity contribution in [3.63, 3.8) is 0 Å². The molecular weight excluding hydrogens is 222 g/mol. The van der Waals surface area contributed by atoms with Gasteiger partial charge in [-0.05, 0) is 19.1 Å². The molecule has 0 aliphatic carbocycles. The van der Waals surface area contributed by atoms with Crippen LogP contribution in [0, 0.1) is 12.8 Å². The van der Waals surface area contributed by atoms with E-state index in [1.54, 1.807) is 6.07 Å². The predicted molar refractivity (Wildman–Crippen MR) is 60.2 cm³/mol. The Morgan fingerprint density at radius 2 is 1.82 bits per heavy atom. The van der Waals surface area contributed by atoms with Crippen LogP contribution in [0.3, 0.4) is 0 Å². The van der Waals surface area contributed by atoms with Gasteiger partial charge in [0.1, 0.15) is 0 Å². The normalized spacial score (nSPS) is 10.1. The van der Waals surface area contributed by atoms with Crippen LogP contribution in [-0.2, 0) is 25.5 Å². The lowest BCUT2D eigenvalue weighted by molar-refractivity contribution is -0.158. The monoisotopic (exact) mass is 237 g/mol. The number of carbonyl (C=O) groups excluding carboxylic acids is 2. The molecular formula is C12H15NO4. The molecule has 0 amide bonds. The number of pyridine rings is 1. The Morgan fingerprint density at radius 3 is 2.29 bits per heavy atom. The average molecular weight is 237 g/mol. The maximum absolute atomic E-state index is 11.5. The molecule has 92 valence electrons. The van der Waals surface area contributed by atoms with E-state index in [0.717, 1.165) is 5.69 Å². The molecule has 0 atom stereocenters. The van der Waals surface area contributed by atoms with Crippen LogP contribution in [0.2, 0.25) is 0 Å². The Kier molecular flexibility index (Phi) is 4.63. The molecule has 1 heterocycles. The molecule has 0 fully saturated rings. The summed E-state index contributed by atoms with van der Waals surface area (Å²) in [6.45, 7) is 1.84. The molecule has 0 aliphatic heterocycles. The summed E-state index contributed by atoms with van der Waals surface area (Å²) in [6, 6.07) is 5.42.